The number of amides is 1. The molecule has 0 spiro atoms. The number of para-hydroxylation sites is 1. The van der Waals surface area contributed by atoms with Crippen molar-refractivity contribution in [2.24, 2.45) is 0 Å². The van der Waals surface area contributed by atoms with Crippen molar-refractivity contribution in [3.05, 3.63) is 58.6 Å². The molecule has 1 saturated heterocycles. The second kappa shape index (κ2) is 7.81. The Balaban J connectivity index is 1.74. The van der Waals surface area contributed by atoms with E-state index in [1.54, 1.807) is 6.07 Å². The summed E-state index contributed by atoms with van der Waals surface area (Å²) in [5.41, 5.74) is 0.559. The van der Waals surface area contributed by atoms with Gasteiger partial charge < -0.3 is 15.4 Å². The molecule has 2 unspecified atom stereocenters. The highest BCUT2D eigenvalue weighted by molar-refractivity contribution is 9.10. The van der Waals surface area contributed by atoms with Gasteiger partial charge in [0, 0.05) is 16.6 Å². The molecule has 1 aliphatic rings. The number of halogens is 1. The van der Waals surface area contributed by atoms with Crippen molar-refractivity contribution >= 4 is 21.8 Å². The van der Waals surface area contributed by atoms with Gasteiger partial charge in [0.15, 0.2) is 0 Å². The maximum Gasteiger partial charge on any atom is 0.255 e. The zero-order valence-electron chi connectivity index (χ0n) is 13.6. The van der Waals surface area contributed by atoms with E-state index in [0.717, 1.165) is 23.9 Å². The fraction of sp³-hybridized carbons (Fsp3) is 0.316. The van der Waals surface area contributed by atoms with Crippen LogP contribution in [0.15, 0.2) is 53.0 Å². The molecule has 1 heterocycles. The predicted octanol–water partition coefficient (Wildman–Crippen LogP) is 4.11. The fourth-order valence-corrected chi connectivity index (χ4v) is 3.31. The molecule has 24 heavy (non-hydrogen) atoms. The van der Waals surface area contributed by atoms with Gasteiger partial charge in [-0.2, -0.15) is 0 Å². The number of piperidine rings is 1. The van der Waals surface area contributed by atoms with E-state index in [9.17, 15) is 4.79 Å². The normalized spacial score (nSPS) is 20.4. The van der Waals surface area contributed by atoms with Crippen LogP contribution in [-0.4, -0.2) is 24.5 Å². The molecule has 1 fully saturated rings. The molecule has 5 heteroatoms. The van der Waals surface area contributed by atoms with Crippen LogP contribution in [0.1, 0.15) is 30.1 Å². The number of ether oxygens (including phenoxy) is 1. The largest absolute Gasteiger partial charge is 0.456 e. The average molecular weight is 389 g/mol. The van der Waals surface area contributed by atoms with Crippen LogP contribution in [0, 0.1) is 0 Å². The minimum atomic E-state index is -0.0836. The lowest BCUT2D eigenvalue weighted by Gasteiger charge is -2.28. The molecule has 0 bridgehead atoms. The van der Waals surface area contributed by atoms with Crippen LogP contribution in [-0.2, 0) is 0 Å². The first kappa shape index (κ1) is 17.0. The molecule has 0 aromatic heterocycles. The number of hydrogen-bond donors (Lipinski definition) is 2. The Morgan fingerprint density at radius 1 is 1.25 bits per heavy atom. The lowest BCUT2D eigenvalue weighted by molar-refractivity contribution is 0.0923. The van der Waals surface area contributed by atoms with Crippen molar-refractivity contribution in [1.82, 2.24) is 10.6 Å². The highest BCUT2D eigenvalue weighted by Gasteiger charge is 2.22. The monoisotopic (exact) mass is 388 g/mol. The maximum atomic E-state index is 12.7. The molecule has 0 saturated carbocycles. The van der Waals surface area contributed by atoms with Crippen LogP contribution >= 0.6 is 15.9 Å². The minimum Gasteiger partial charge on any atom is -0.456 e. The van der Waals surface area contributed by atoms with Crippen molar-refractivity contribution in [2.75, 3.05) is 6.54 Å². The third-order valence-corrected chi connectivity index (χ3v) is 4.61. The highest BCUT2D eigenvalue weighted by atomic mass is 79.9. The van der Waals surface area contributed by atoms with E-state index < -0.39 is 0 Å². The first-order valence-corrected chi connectivity index (χ1v) is 8.98. The zero-order chi connectivity index (χ0) is 16.9. The van der Waals surface area contributed by atoms with E-state index >= 15 is 0 Å². The summed E-state index contributed by atoms with van der Waals surface area (Å²) in [6.45, 7) is 3.07. The average Bonchev–Trinajstić information content (AvgIpc) is 2.55. The highest BCUT2D eigenvalue weighted by Crippen LogP contribution is 2.27. The molecule has 3 rings (SSSR count). The molecule has 126 valence electrons. The number of benzene rings is 2. The second-order valence-corrected chi connectivity index (χ2v) is 7.02. The van der Waals surface area contributed by atoms with Gasteiger partial charge in [0.1, 0.15) is 11.5 Å². The quantitative estimate of drug-likeness (QED) is 0.828. The van der Waals surface area contributed by atoms with E-state index in [0.29, 0.717) is 23.1 Å². The topological polar surface area (TPSA) is 50.4 Å². The van der Waals surface area contributed by atoms with E-state index in [-0.39, 0.29) is 11.9 Å². The lowest BCUT2D eigenvalue weighted by Crippen LogP contribution is -2.46. The molecule has 2 aromatic rings. The summed E-state index contributed by atoms with van der Waals surface area (Å²) in [6.07, 6.45) is 1.89. The summed E-state index contributed by atoms with van der Waals surface area (Å²) in [5, 5.41) is 6.53. The lowest BCUT2D eigenvalue weighted by atomic mass is 10.00. The summed E-state index contributed by atoms with van der Waals surface area (Å²) in [4.78, 5) is 12.7. The molecular weight excluding hydrogens is 368 g/mol. The van der Waals surface area contributed by atoms with Crippen LogP contribution in [0.4, 0.5) is 0 Å². The Hall–Kier alpha value is -1.85. The van der Waals surface area contributed by atoms with Gasteiger partial charge in [-0.25, -0.2) is 0 Å². The number of hydrogen-bond acceptors (Lipinski definition) is 3. The van der Waals surface area contributed by atoms with Crippen molar-refractivity contribution in [1.29, 1.82) is 0 Å². The molecule has 1 amide bonds. The van der Waals surface area contributed by atoms with Crippen LogP contribution in [0.2, 0.25) is 0 Å². The van der Waals surface area contributed by atoms with Crippen molar-refractivity contribution in [3.8, 4) is 11.5 Å². The first-order chi connectivity index (χ1) is 11.6. The molecule has 0 radical (unpaired) electrons. The first-order valence-electron chi connectivity index (χ1n) is 8.18. The molecule has 2 N–H and O–H groups in total. The van der Waals surface area contributed by atoms with E-state index in [2.05, 4.69) is 33.5 Å². The van der Waals surface area contributed by atoms with Crippen LogP contribution in [0.25, 0.3) is 0 Å². The molecule has 1 aliphatic heterocycles. The smallest absolute Gasteiger partial charge is 0.255 e. The molecule has 4 nitrogen and oxygen atoms in total. The van der Waals surface area contributed by atoms with Gasteiger partial charge in [-0.3, -0.25) is 4.79 Å². The summed E-state index contributed by atoms with van der Waals surface area (Å²) in [6, 6.07) is 15.6. The predicted molar refractivity (Wildman–Crippen MR) is 98.6 cm³/mol. The number of rotatable bonds is 4. The van der Waals surface area contributed by atoms with Gasteiger partial charge in [-0.1, -0.05) is 34.1 Å². The fourth-order valence-electron chi connectivity index (χ4n) is 2.93. The summed E-state index contributed by atoms with van der Waals surface area (Å²) >= 11 is 3.43. The van der Waals surface area contributed by atoms with Gasteiger partial charge in [-0.15, -0.1) is 0 Å². The van der Waals surface area contributed by atoms with Crippen LogP contribution in [0.5, 0.6) is 11.5 Å². The second-order valence-electron chi connectivity index (χ2n) is 6.11. The molecule has 0 aliphatic carbocycles. The minimum absolute atomic E-state index is 0.0836. The summed E-state index contributed by atoms with van der Waals surface area (Å²) < 4.78 is 6.85. The SMILES string of the molecule is CC1CC(NC(=O)c2ccccc2Oc2cccc(Br)c2)CCN1. The molecular formula is C19H21BrN2O2. The van der Waals surface area contributed by atoms with E-state index in [4.69, 9.17) is 4.74 Å². The summed E-state index contributed by atoms with van der Waals surface area (Å²) in [5.74, 6) is 1.18. The van der Waals surface area contributed by atoms with Crippen molar-refractivity contribution < 1.29 is 9.53 Å². The number of carbonyl (C=O) groups excluding carboxylic acids is 1. The van der Waals surface area contributed by atoms with E-state index in [1.807, 2.05) is 42.5 Å². The third kappa shape index (κ3) is 4.36. The van der Waals surface area contributed by atoms with Gasteiger partial charge in [0.2, 0.25) is 0 Å². The Labute approximate surface area is 150 Å². The van der Waals surface area contributed by atoms with E-state index in [1.165, 1.54) is 0 Å². The Morgan fingerprint density at radius 2 is 2.08 bits per heavy atom. The standard InChI is InChI=1S/C19H21BrN2O2/c1-13-11-15(9-10-21-13)22-19(23)17-7-2-3-8-18(17)24-16-6-4-5-14(20)12-16/h2-8,12-13,15,21H,9-11H2,1H3,(H,22,23). The van der Waals surface area contributed by atoms with Crippen LogP contribution < -0.4 is 15.4 Å². The van der Waals surface area contributed by atoms with Gasteiger partial charge in [-0.05, 0) is 56.6 Å². The Bertz CT molecular complexity index is 720. The third-order valence-electron chi connectivity index (χ3n) is 4.11. The van der Waals surface area contributed by atoms with Gasteiger partial charge in [0.25, 0.3) is 5.91 Å². The van der Waals surface area contributed by atoms with Crippen molar-refractivity contribution in [3.63, 3.8) is 0 Å². The number of nitrogens with one attached hydrogen (secondary N) is 2. The summed E-state index contributed by atoms with van der Waals surface area (Å²) in [7, 11) is 0. The van der Waals surface area contributed by atoms with Gasteiger partial charge >= 0.3 is 0 Å². The van der Waals surface area contributed by atoms with Gasteiger partial charge in [0.05, 0.1) is 5.56 Å². The van der Waals surface area contributed by atoms with Crippen molar-refractivity contribution in [2.45, 2.75) is 31.8 Å². The van der Waals surface area contributed by atoms with Crippen LogP contribution in [0.3, 0.4) is 0 Å². The zero-order valence-corrected chi connectivity index (χ0v) is 15.2. The molecule has 2 atom stereocenters. The Kier molecular flexibility index (Phi) is 5.53. The molecule has 2 aromatic carbocycles. The number of carbonyl (C=O) groups is 1. The maximum absolute atomic E-state index is 12.7. The Morgan fingerprint density at radius 3 is 2.88 bits per heavy atom.